The van der Waals surface area contributed by atoms with Gasteiger partial charge in [-0.1, -0.05) is 20.8 Å². The summed E-state index contributed by atoms with van der Waals surface area (Å²) >= 11 is 0. The minimum atomic E-state index is -0.791. The third kappa shape index (κ3) is 15.4. The van der Waals surface area contributed by atoms with Gasteiger partial charge in [-0.2, -0.15) is 0 Å². The Morgan fingerprint density at radius 3 is 2.12 bits per heavy atom. The van der Waals surface area contributed by atoms with E-state index in [1.165, 1.54) is 19.5 Å². The van der Waals surface area contributed by atoms with Gasteiger partial charge in [-0.15, -0.1) is 0 Å². The van der Waals surface area contributed by atoms with Crippen molar-refractivity contribution >= 4 is 6.41 Å². The summed E-state index contributed by atoms with van der Waals surface area (Å²) in [5, 5.41) is 11.3. The number of hydrogen-bond donors (Lipinski definition) is 2. The molecule has 0 aromatic heterocycles. The molecule has 0 saturated carbocycles. The van der Waals surface area contributed by atoms with Gasteiger partial charge in [0.2, 0.25) is 6.41 Å². The zero-order chi connectivity index (χ0) is 13.9. The molecule has 1 rings (SSSR count). The molecule has 1 fully saturated rings. The first-order valence-corrected chi connectivity index (χ1v) is 6.43. The molecule has 2 N–H and O–H groups in total. The van der Waals surface area contributed by atoms with Gasteiger partial charge in [0, 0.05) is 13.1 Å². The second-order valence-corrected chi connectivity index (χ2v) is 4.97. The van der Waals surface area contributed by atoms with Gasteiger partial charge in [-0.25, -0.2) is 0 Å². The first-order chi connectivity index (χ1) is 7.85. The minimum absolute atomic E-state index is 0.302. The standard InChI is InChI=1S/C6H13N.C5H11NO2.C2H6/c1-6-3-4-7(2)5-6;1-5(2,8)3-6-4-7;1-2/h6H,3-5H2,1-2H3;4,8H,3H2,1-2H3,(H,6,7);1-2H3/t6-;;/m1../s1. The van der Waals surface area contributed by atoms with Crippen LogP contribution in [-0.2, 0) is 4.79 Å². The highest BCUT2D eigenvalue weighted by Crippen LogP contribution is 2.11. The number of hydrogen-bond acceptors (Lipinski definition) is 3. The van der Waals surface area contributed by atoms with Gasteiger partial charge in [0.05, 0.1) is 5.60 Å². The monoisotopic (exact) mass is 246 g/mol. The van der Waals surface area contributed by atoms with Crippen LogP contribution in [0.3, 0.4) is 0 Å². The maximum atomic E-state index is 9.63. The van der Waals surface area contributed by atoms with Crippen LogP contribution in [0.15, 0.2) is 0 Å². The fraction of sp³-hybridized carbons (Fsp3) is 0.923. The largest absolute Gasteiger partial charge is 0.389 e. The number of aliphatic hydroxyl groups is 1. The van der Waals surface area contributed by atoms with E-state index in [-0.39, 0.29) is 0 Å². The molecule has 1 saturated heterocycles. The molecule has 0 aliphatic carbocycles. The van der Waals surface area contributed by atoms with E-state index in [0.29, 0.717) is 13.0 Å². The normalized spacial score (nSPS) is 19.6. The second-order valence-electron chi connectivity index (χ2n) is 4.97. The average Bonchev–Trinajstić information content (AvgIpc) is 2.62. The predicted molar refractivity (Wildman–Crippen MR) is 73.0 cm³/mol. The van der Waals surface area contributed by atoms with E-state index in [2.05, 4.69) is 24.2 Å². The predicted octanol–water partition coefficient (Wildman–Crippen LogP) is 1.49. The summed E-state index contributed by atoms with van der Waals surface area (Å²) in [7, 11) is 2.18. The SMILES string of the molecule is CC.CC(C)(O)CNC=O.C[C@@H]1CCN(C)C1. The molecule has 0 radical (unpaired) electrons. The molecule has 0 unspecified atom stereocenters. The van der Waals surface area contributed by atoms with Crippen LogP contribution in [0.25, 0.3) is 0 Å². The topological polar surface area (TPSA) is 52.6 Å². The Kier molecular flexibility index (Phi) is 11.6. The highest BCUT2D eigenvalue weighted by Gasteiger charge is 2.13. The van der Waals surface area contributed by atoms with Gasteiger partial charge in [0.15, 0.2) is 0 Å². The van der Waals surface area contributed by atoms with Crippen LogP contribution in [0.5, 0.6) is 0 Å². The zero-order valence-corrected chi connectivity index (χ0v) is 12.3. The highest BCUT2D eigenvalue weighted by molar-refractivity contribution is 5.45. The fourth-order valence-electron chi connectivity index (χ4n) is 1.45. The van der Waals surface area contributed by atoms with E-state index in [0.717, 1.165) is 5.92 Å². The Bertz CT molecular complexity index is 171. The van der Waals surface area contributed by atoms with E-state index in [1.807, 2.05) is 13.8 Å². The van der Waals surface area contributed by atoms with Gasteiger partial charge < -0.3 is 15.3 Å². The lowest BCUT2D eigenvalue weighted by atomic mass is 10.1. The molecule has 1 amide bonds. The van der Waals surface area contributed by atoms with Gasteiger partial charge in [-0.05, 0) is 39.8 Å². The van der Waals surface area contributed by atoms with Gasteiger partial charge in [0.25, 0.3) is 0 Å². The minimum Gasteiger partial charge on any atom is -0.389 e. The number of carbonyl (C=O) groups is 1. The first kappa shape index (κ1) is 18.7. The third-order valence-electron chi connectivity index (χ3n) is 2.24. The summed E-state index contributed by atoms with van der Waals surface area (Å²) in [6.45, 7) is 12.5. The third-order valence-corrected chi connectivity index (χ3v) is 2.24. The van der Waals surface area contributed by atoms with Crippen molar-refractivity contribution in [2.24, 2.45) is 5.92 Å². The maximum absolute atomic E-state index is 9.63. The number of nitrogens with zero attached hydrogens (tertiary/aromatic N) is 1. The van der Waals surface area contributed by atoms with Crippen molar-refractivity contribution in [2.75, 3.05) is 26.7 Å². The van der Waals surface area contributed by atoms with Crippen LogP contribution in [0.1, 0.15) is 41.0 Å². The summed E-state index contributed by atoms with van der Waals surface area (Å²) < 4.78 is 0. The Morgan fingerprint density at radius 1 is 1.47 bits per heavy atom. The molecule has 1 aliphatic heterocycles. The van der Waals surface area contributed by atoms with Gasteiger partial charge in [-0.3, -0.25) is 4.79 Å². The van der Waals surface area contributed by atoms with E-state index in [4.69, 9.17) is 5.11 Å². The molecule has 1 aliphatic rings. The second kappa shape index (κ2) is 10.5. The summed E-state index contributed by atoms with van der Waals surface area (Å²) in [4.78, 5) is 12.0. The molecular weight excluding hydrogens is 216 g/mol. The molecule has 0 aromatic rings. The molecule has 4 heteroatoms. The van der Waals surface area contributed by atoms with Gasteiger partial charge in [0.1, 0.15) is 0 Å². The lowest BCUT2D eigenvalue weighted by Crippen LogP contribution is -2.33. The quantitative estimate of drug-likeness (QED) is 0.742. The van der Waals surface area contributed by atoms with E-state index >= 15 is 0 Å². The van der Waals surface area contributed by atoms with Crippen molar-refractivity contribution in [3.63, 3.8) is 0 Å². The van der Waals surface area contributed by atoms with E-state index < -0.39 is 5.60 Å². The van der Waals surface area contributed by atoms with Crippen molar-refractivity contribution < 1.29 is 9.90 Å². The molecule has 1 atom stereocenters. The molecule has 1 heterocycles. The first-order valence-electron chi connectivity index (χ1n) is 6.43. The van der Waals surface area contributed by atoms with Crippen molar-refractivity contribution in [3.05, 3.63) is 0 Å². The number of rotatable bonds is 3. The number of likely N-dealkylation sites (tertiary alicyclic amines) is 1. The van der Waals surface area contributed by atoms with Crippen molar-refractivity contribution in [3.8, 4) is 0 Å². The molecule has 104 valence electrons. The van der Waals surface area contributed by atoms with Crippen LogP contribution in [-0.4, -0.2) is 48.7 Å². The average molecular weight is 246 g/mol. The number of amides is 1. The Balaban J connectivity index is 0. The molecule has 0 bridgehead atoms. The van der Waals surface area contributed by atoms with Crippen molar-refractivity contribution in [1.82, 2.24) is 10.2 Å². The van der Waals surface area contributed by atoms with Crippen LogP contribution in [0.2, 0.25) is 0 Å². The Labute approximate surface area is 106 Å². The lowest BCUT2D eigenvalue weighted by molar-refractivity contribution is -0.110. The van der Waals surface area contributed by atoms with Gasteiger partial charge >= 0.3 is 0 Å². The number of nitrogens with one attached hydrogen (secondary N) is 1. The van der Waals surface area contributed by atoms with Crippen molar-refractivity contribution in [2.45, 2.75) is 46.6 Å². The summed E-state index contributed by atoms with van der Waals surface area (Å²) in [6, 6.07) is 0. The highest BCUT2D eigenvalue weighted by atomic mass is 16.3. The summed E-state index contributed by atoms with van der Waals surface area (Å²) in [5.74, 6) is 0.949. The summed E-state index contributed by atoms with van der Waals surface area (Å²) in [6.07, 6.45) is 1.97. The fourth-order valence-corrected chi connectivity index (χ4v) is 1.45. The van der Waals surface area contributed by atoms with Crippen LogP contribution in [0, 0.1) is 5.92 Å². The van der Waals surface area contributed by atoms with Crippen LogP contribution in [0.4, 0.5) is 0 Å². The Hall–Kier alpha value is -0.610. The maximum Gasteiger partial charge on any atom is 0.207 e. The summed E-state index contributed by atoms with van der Waals surface area (Å²) in [5.41, 5.74) is -0.791. The smallest absolute Gasteiger partial charge is 0.207 e. The molecule has 0 spiro atoms. The van der Waals surface area contributed by atoms with Crippen molar-refractivity contribution in [1.29, 1.82) is 0 Å². The molecule has 4 nitrogen and oxygen atoms in total. The van der Waals surface area contributed by atoms with E-state index in [1.54, 1.807) is 13.8 Å². The van der Waals surface area contributed by atoms with Crippen LogP contribution >= 0.6 is 0 Å². The number of carbonyl (C=O) groups excluding carboxylic acids is 1. The van der Waals surface area contributed by atoms with Crippen LogP contribution < -0.4 is 5.32 Å². The van der Waals surface area contributed by atoms with E-state index in [9.17, 15) is 4.79 Å². The molecular formula is C13H30N2O2. The zero-order valence-electron chi connectivity index (χ0n) is 12.3. The molecule has 0 aromatic carbocycles. The lowest BCUT2D eigenvalue weighted by Gasteiger charge is -2.14. The molecule has 17 heavy (non-hydrogen) atoms. The Morgan fingerprint density at radius 2 is 2.00 bits per heavy atom.